The molecule has 7 heteroatoms. The molecule has 1 atom stereocenters. The van der Waals surface area contributed by atoms with E-state index >= 15 is 0 Å². The Morgan fingerprint density at radius 3 is 2.22 bits per heavy atom. The molecule has 0 fully saturated rings. The molecule has 2 aromatic carbocycles. The quantitative estimate of drug-likeness (QED) is 0.659. The van der Waals surface area contributed by atoms with Gasteiger partial charge in [0.05, 0.1) is 19.6 Å². The molecule has 0 saturated heterocycles. The van der Waals surface area contributed by atoms with E-state index in [0.29, 0.717) is 16.9 Å². The fourth-order valence-corrected chi connectivity index (χ4v) is 2.54. The molecule has 2 N–H and O–H groups in total. The standard InChI is InChI=1S/C20H20FNO5/c1-27-16-8-4-14(5-9-16)18(23)10-11-19(24)22-17(12-20(25)26)13-2-6-15(21)7-3-13/h2-9,17H,10-12H2,1H3,(H,22,24)(H,25,26). The number of carbonyl (C=O) groups excluding carboxylic acids is 2. The molecule has 0 aliphatic carbocycles. The Bertz CT molecular complexity index is 802. The Balaban J connectivity index is 1.95. The highest BCUT2D eigenvalue weighted by atomic mass is 19.1. The monoisotopic (exact) mass is 373 g/mol. The molecule has 27 heavy (non-hydrogen) atoms. The normalized spacial score (nSPS) is 11.5. The number of carboxylic acid groups (broad SMARTS) is 1. The molecule has 0 heterocycles. The van der Waals surface area contributed by atoms with Crippen molar-refractivity contribution in [3.05, 3.63) is 65.5 Å². The summed E-state index contributed by atoms with van der Waals surface area (Å²) in [6.07, 6.45) is -0.437. The zero-order chi connectivity index (χ0) is 19.8. The molecule has 0 saturated carbocycles. The first kappa shape index (κ1) is 20.1. The van der Waals surface area contributed by atoms with E-state index in [0.717, 1.165) is 0 Å². The molecular formula is C20H20FNO5. The number of amides is 1. The molecular weight excluding hydrogens is 353 g/mol. The SMILES string of the molecule is COc1ccc(C(=O)CCC(=O)NC(CC(=O)O)c2ccc(F)cc2)cc1. The number of Topliss-reactive ketones (excluding diaryl/α,β-unsaturated/α-hetero) is 1. The molecule has 0 radical (unpaired) electrons. The van der Waals surface area contributed by atoms with Crippen molar-refractivity contribution in [2.45, 2.75) is 25.3 Å². The molecule has 0 bridgehead atoms. The highest BCUT2D eigenvalue weighted by molar-refractivity contribution is 5.98. The summed E-state index contributed by atoms with van der Waals surface area (Å²) in [5.74, 6) is -1.58. The predicted molar refractivity (Wildman–Crippen MR) is 96.1 cm³/mol. The van der Waals surface area contributed by atoms with Gasteiger partial charge in [0.15, 0.2) is 5.78 Å². The third-order valence-electron chi connectivity index (χ3n) is 3.98. The Morgan fingerprint density at radius 2 is 1.67 bits per heavy atom. The van der Waals surface area contributed by atoms with E-state index in [-0.39, 0.29) is 25.0 Å². The first-order chi connectivity index (χ1) is 12.9. The molecule has 2 aromatic rings. The van der Waals surface area contributed by atoms with Crippen LogP contribution in [0.15, 0.2) is 48.5 Å². The number of rotatable bonds is 9. The second-order valence-electron chi connectivity index (χ2n) is 5.92. The van der Waals surface area contributed by atoms with Gasteiger partial charge in [-0.25, -0.2) is 4.39 Å². The number of carboxylic acids is 1. The van der Waals surface area contributed by atoms with E-state index in [2.05, 4.69) is 5.32 Å². The van der Waals surface area contributed by atoms with Gasteiger partial charge in [-0.15, -0.1) is 0 Å². The van der Waals surface area contributed by atoms with Crippen LogP contribution in [0.3, 0.4) is 0 Å². The van der Waals surface area contributed by atoms with Crippen molar-refractivity contribution in [1.82, 2.24) is 5.32 Å². The van der Waals surface area contributed by atoms with Crippen molar-refractivity contribution < 1.29 is 28.6 Å². The van der Waals surface area contributed by atoms with Gasteiger partial charge >= 0.3 is 5.97 Å². The summed E-state index contributed by atoms with van der Waals surface area (Å²) in [6.45, 7) is 0. The molecule has 0 aromatic heterocycles. The number of halogens is 1. The number of ketones is 1. The highest BCUT2D eigenvalue weighted by Crippen LogP contribution is 2.18. The van der Waals surface area contributed by atoms with Crippen LogP contribution in [-0.4, -0.2) is 29.9 Å². The Hall–Kier alpha value is -3.22. The summed E-state index contributed by atoms with van der Waals surface area (Å²) in [7, 11) is 1.52. The van der Waals surface area contributed by atoms with Crippen LogP contribution in [0.4, 0.5) is 4.39 Å². The predicted octanol–water partition coefficient (Wildman–Crippen LogP) is 3.13. The van der Waals surface area contributed by atoms with Crippen LogP contribution in [0, 0.1) is 5.82 Å². The lowest BCUT2D eigenvalue weighted by atomic mass is 10.0. The number of aliphatic carboxylic acids is 1. The maximum atomic E-state index is 13.0. The third-order valence-corrected chi connectivity index (χ3v) is 3.98. The Morgan fingerprint density at radius 1 is 1.04 bits per heavy atom. The number of carbonyl (C=O) groups is 3. The maximum absolute atomic E-state index is 13.0. The van der Waals surface area contributed by atoms with Gasteiger partial charge in [0.2, 0.25) is 5.91 Å². The average Bonchev–Trinajstić information content (AvgIpc) is 2.66. The van der Waals surface area contributed by atoms with Crippen LogP contribution >= 0.6 is 0 Å². The second kappa shape index (κ2) is 9.47. The van der Waals surface area contributed by atoms with Crippen molar-refractivity contribution in [2.75, 3.05) is 7.11 Å². The van der Waals surface area contributed by atoms with Gasteiger partial charge in [-0.3, -0.25) is 14.4 Å². The number of benzene rings is 2. The first-order valence-electron chi connectivity index (χ1n) is 8.33. The fourth-order valence-electron chi connectivity index (χ4n) is 2.54. The van der Waals surface area contributed by atoms with E-state index in [4.69, 9.17) is 9.84 Å². The lowest BCUT2D eigenvalue weighted by molar-refractivity contribution is -0.137. The summed E-state index contributed by atoms with van der Waals surface area (Å²) in [5.41, 5.74) is 0.942. The summed E-state index contributed by atoms with van der Waals surface area (Å²) < 4.78 is 18.1. The van der Waals surface area contributed by atoms with Gasteiger partial charge < -0.3 is 15.2 Å². The number of hydrogen-bond acceptors (Lipinski definition) is 4. The van der Waals surface area contributed by atoms with Gasteiger partial charge in [0.1, 0.15) is 11.6 Å². The van der Waals surface area contributed by atoms with Crippen LogP contribution in [0.5, 0.6) is 5.75 Å². The number of nitrogens with one attached hydrogen (secondary N) is 1. The fraction of sp³-hybridized carbons (Fsp3) is 0.250. The van der Waals surface area contributed by atoms with E-state index < -0.39 is 23.7 Å². The molecule has 0 aliphatic heterocycles. The minimum absolute atomic E-state index is 0.0125. The van der Waals surface area contributed by atoms with Gasteiger partial charge in [-0.05, 0) is 42.0 Å². The zero-order valence-corrected chi connectivity index (χ0v) is 14.8. The van der Waals surface area contributed by atoms with Gasteiger partial charge in [-0.1, -0.05) is 12.1 Å². The third kappa shape index (κ3) is 6.22. The molecule has 1 unspecified atom stereocenters. The summed E-state index contributed by atoms with van der Waals surface area (Å²) in [5, 5.41) is 11.6. The smallest absolute Gasteiger partial charge is 0.305 e. The molecule has 1 amide bonds. The molecule has 0 spiro atoms. The average molecular weight is 373 g/mol. The number of hydrogen-bond donors (Lipinski definition) is 2. The van der Waals surface area contributed by atoms with Gasteiger partial charge in [-0.2, -0.15) is 0 Å². The van der Waals surface area contributed by atoms with Crippen molar-refractivity contribution in [3.8, 4) is 5.75 Å². The van der Waals surface area contributed by atoms with Crippen LogP contribution in [0.2, 0.25) is 0 Å². The number of ether oxygens (including phenoxy) is 1. The van der Waals surface area contributed by atoms with Crippen molar-refractivity contribution >= 4 is 17.7 Å². The lowest BCUT2D eigenvalue weighted by Crippen LogP contribution is -2.30. The highest BCUT2D eigenvalue weighted by Gasteiger charge is 2.19. The summed E-state index contributed by atoms with van der Waals surface area (Å²) in [6, 6.07) is 11.0. The maximum Gasteiger partial charge on any atom is 0.305 e. The summed E-state index contributed by atoms with van der Waals surface area (Å²) >= 11 is 0. The topological polar surface area (TPSA) is 92.7 Å². The molecule has 142 valence electrons. The Labute approximate surface area is 156 Å². The minimum Gasteiger partial charge on any atom is -0.497 e. The van der Waals surface area contributed by atoms with Crippen molar-refractivity contribution in [3.63, 3.8) is 0 Å². The Kier molecular flexibility index (Phi) is 7.05. The number of methoxy groups -OCH3 is 1. The van der Waals surface area contributed by atoms with Crippen molar-refractivity contribution in [1.29, 1.82) is 0 Å². The van der Waals surface area contributed by atoms with E-state index in [1.54, 1.807) is 24.3 Å². The minimum atomic E-state index is -1.10. The van der Waals surface area contributed by atoms with Crippen LogP contribution < -0.4 is 10.1 Å². The van der Waals surface area contributed by atoms with Gasteiger partial charge in [0, 0.05) is 18.4 Å². The van der Waals surface area contributed by atoms with Crippen molar-refractivity contribution in [2.24, 2.45) is 0 Å². The largest absolute Gasteiger partial charge is 0.497 e. The van der Waals surface area contributed by atoms with Crippen LogP contribution in [0.1, 0.15) is 41.2 Å². The van der Waals surface area contributed by atoms with E-state index in [1.165, 1.54) is 31.4 Å². The van der Waals surface area contributed by atoms with Gasteiger partial charge in [0.25, 0.3) is 0 Å². The second-order valence-corrected chi connectivity index (χ2v) is 5.92. The molecule has 0 aliphatic rings. The summed E-state index contributed by atoms with van der Waals surface area (Å²) in [4.78, 5) is 35.4. The van der Waals surface area contributed by atoms with Crippen LogP contribution in [-0.2, 0) is 9.59 Å². The first-order valence-corrected chi connectivity index (χ1v) is 8.33. The van der Waals surface area contributed by atoms with Crippen LogP contribution in [0.25, 0.3) is 0 Å². The van der Waals surface area contributed by atoms with E-state index in [9.17, 15) is 18.8 Å². The molecule has 6 nitrogen and oxygen atoms in total. The lowest BCUT2D eigenvalue weighted by Gasteiger charge is -2.17. The van der Waals surface area contributed by atoms with E-state index in [1.807, 2.05) is 0 Å². The zero-order valence-electron chi connectivity index (χ0n) is 14.8. The molecule has 2 rings (SSSR count).